The minimum Gasteiger partial charge on any atom is -0.492 e. The van der Waals surface area contributed by atoms with Gasteiger partial charge in [0.05, 0.1) is 6.54 Å². The van der Waals surface area contributed by atoms with Crippen LogP contribution in [0, 0.1) is 0 Å². The molecule has 114 valence electrons. The Kier molecular flexibility index (Phi) is 4.00. The summed E-state index contributed by atoms with van der Waals surface area (Å²) in [5.74, 6) is 1.78. The van der Waals surface area contributed by atoms with E-state index < -0.39 is 0 Å². The van der Waals surface area contributed by atoms with Gasteiger partial charge in [0.25, 0.3) is 5.91 Å². The van der Waals surface area contributed by atoms with E-state index in [9.17, 15) is 4.79 Å². The first kappa shape index (κ1) is 14.1. The lowest BCUT2D eigenvalue weighted by atomic mass is 10.2. The zero-order valence-corrected chi connectivity index (χ0v) is 11.9. The summed E-state index contributed by atoms with van der Waals surface area (Å²) in [5, 5.41) is 2.79. The van der Waals surface area contributed by atoms with E-state index in [0.717, 1.165) is 0 Å². The summed E-state index contributed by atoms with van der Waals surface area (Å²) in [6.07, 6.45) is 0. The van der Waals surface area contributed by atoms with Crippen molar-refractivity contribution in [3.63, 3.8) is 0 Å². The highest BCUT2D eigenvalue weighted by Gasteiger charge is 2.15. The van der Waals surface area contributed by atoms with Crippen molar-refractivity contribution in [2.45, 2.75) is 0 Å². The van der Waals surface area contributed by atoms with Crippen LogP contribution < -0.4 is 25.3 Å². The largest absolute Gasteiger partial charge is 0.492 e. The Labute approximate surface area is 127 Å². The molecule has 22 heavy (non-hydrogen) atoms. The molecule has 1 aliphatic heterocycles. The van der Waals surface area contributed by atoms with E-state index >= 15 is 0 Å². The number of nitrogens with one attached hydrogen (secondary N) is 1. The van der Waals surface area contributed by atoms with Crippen molar-refractivity contribution in [3.8, 4) is 17.2 Å². The summed E-state index contributed by atoms with van der Waals surface area (Å²) < 4.78 is 16.0. The third kappa shape index (κ3) is 3.22. The molecule has 0 bridgehead atoms. The molecular formula is C16H16N2O4. The first-order valence-electron chi connectivity index (χ1n) is 6.88. The molecule has 0 spiro atoms. The molecule has 2 aromatic rings. The van der Waals surface area contributed by atoms with Crippen molar-refractivity contribution < 1.29 is 19.0 Å². The lowest BCUT2D eigenvalue weighted by molar-refractivity contribution is 0.0946. The normalized spacial score (nSPS) is 12.0. The monoisotopic (exact) mass is 300 g/mol. The Balaban J connectivity index is 1.47. The second-order valence-electron chi connectivity index (χ2n) is 4.74. The Morgan fingerprint density at radius 1 is 1.14 bits per heavy atom. The molecule has 1 amide bonds. The molecule has 2 aromatic carbocycles. The van der Waals surface area contributed by atoms with E-state index in [1.54, 1.807) is 42.5 Å². The second kappa shape index (κ2) is 6.26. The summed E-state index contributed by atoms with van der Waals surface area (Å²) in [4.78, 5) is 12.0. The molecular weight excluding hydrogens is 284 g/mol. The maximum Gasteiger partial charge on any atom is 0.251 e. The van der Waals surface area contributed by atoms with Crippen LogP contribution in [0.2, 0.25) is 0 Å². The molecule has 0 unspecified atom stereocenters. The fraction of sp³-hybridized carbons (Fsp3) is 0.188. The highest BCUT2D eigenvalue weighted by molar-refractivity contribution is 5.94. The molecule has 1 aliphatic rings. The Hall–Kier alpha value is -2.89. The Morgan fingerprint density at radius 3 is 2.73 bits per heavy atom. The summed E-state index contributed by atoms with van der Waals surface area (Å²) in [7, 11) is 0. The number of carbonyl (C=O) groups excluding carboxylic acids is 1. The minimum atomic E-state index is -0.181. The molecule has 0 saturated heterocycles. The summed E-state index contributed by atoms with van der Waals surface area (Å²) in [6.45, 7) is 0.966. The Bertz CT molecular complexity index is 670. The number of anilines is 1. The van der Waals surface area contributed by atoms with Gasteiger partial charge < -0.3 is 25.3 Å². The number of nitrogen functional groups attached to an aromatic ring is 1. The second-order valence-corrected chi connectivity index (χ2v) is 4.74. The van der Waals surface area contributed by atoms with Gasteiger partial charge in [-0.15, -0.1) is 0 Å². The number of ether oxygens (including phenoxy) is 3. The van der Waals surface area contributed by atoms with Crippen LogP contribution in [0.5, 0.6) is 17.2 Å². The topological polar surface area (TPSA) is 82.8 Å². The molecule has 6 nitrogen and oxygen atoms in total. The molecule has 6 heteroatoms. The first-order chi connectivity index (χ1) is 10.7. The number of nitrogens with two attached hydrogens (primary N) is 1. The van der Waals surface area contributed by atoms with E-state index in [1.807, 2.05) is 0 Å². The van der Waals surface area contributed by atoms with Gasteiger partial charge in [-0.2, -0.15) is 0 Å². The van der Waals surface area contributed by atoms with Crippen molar-refractivity contribution in [1.82, 2.24) is 5.32 Å². The van der Waals surface area contributed by atoms with Gasteiger partial charge in [0.15, 0.2) is 11.5 Å². The molecule has 0 aliphatic carbocycles. The summed E-state index contributed by atoms with van der Waals surface area (Å²) >= 11 is 0. The predicted octanol–water partition coefficient (Wildman–Crippen LogP) is 1.81. The number of amides is 1. The van der Waals surface area contributed by atoms with Crippen LogP contribution in [0.25, 0.3) is 0 Å². The van der Waals surface area contributed by atoms with E-state index in [2.05, 4.69) is 5.32 Å². The van der Waals surface area contributed by atoms with Crippen LogP contribution >= 0.6 is 0 Å². The number of carbonyl (C=O) groups is 1. The third-order valence-electron chi connectivity index (χ3n) is 3.17. The van der Waals surface area contributed by atoms with E-state index in [1.165, 1.54) is 0 Å². The third-order valence-corrected chi connectivity index (χ3v) is 3.17. The van der Waals surface area contributed by atoms with Gasteiger partial charge in [0, 0.05) is 11.3 Å². The van der Waals surface area contributed by atoms with Gasteiger partial charge in [0.2, 0.25) is 6.79 Å². The zero-order chi connectivity index (χ0) is 15.4. The maximum atomic E-state index is 12.0. The first-order valence-corrected chi connectivity index (χ1v) is 6.88. The van der Waals surface area contributed by atoms with Crippen LogP contribution in [0.3, 0.4) is 0 Å². The molecule has 3 N–H and O–H groups in total. The van der Waals surface area contributed by atoms with Crippen molar-refractivity contribution in [3.05, 3.63) is 48.0 Å². The van der Waals surface area contributed by atoms with Crippen LogP contribution in [0.4, 0.5) is 5.69 Å². The Morgan fingerprint density at radius 2 is 1.91 bits per heavy atom. The van der Waals surface area contributed by atoms with Crippen molar-refractivity contribution >= 4 is 11.6 Å². The summed E-state index contributed by atoms with van der Waals surface area (Å²) in [6, 6.07) is 12.2. The van der Waals surface area contributed by atoms with Gasteiger partial charge in [-0.1, -0.05) is 0 Å². The average Bonchev–Trinajstić information content (AvgIpc) is 3.00. The van der Waals surface area contributed by atoms with Crippen molar-refractivity contribution in [1.29, 1.82) is 0 Å². The highest BCUT2D eigenvalue weighted by Crippen LogP contribution is 2.32. The smallest absolute Gasteiger partial charge is 0.251 e. The molecule has 0 fully saturated rings. The lowest BCUT2D eigenvalue weighted by Crippen LogP contribution is -2.28. The van der Waals surface area contributed by atoms with Gasteiger partial charge in [0.1, 0.15) is 12.4 Å². The molecule has 0 atom stereocenters. The molecule has 0 radical (unpaired) electrons. The van der Waals surface area contributed by atoms with Crippen LogP contribution in [-0.4, -0.2) is 25.9 Å². The van der Waals surface area contributed by atoms with Crippen LogP contribution in [-0.2, 0) is 0 Å². The fourth-order valence-corrected chi connectivity index (χ4v) is 2.04. The number of fused-ring (bicyclic) bond motifs is 1. The van der Waals surface area contributed by atoms with E-state index in [0.29, 0.717) is 41.7 Å². The van der Waals surface area contributed by atoms with Gasteiger partial charge in [-0.25, -0.2) is 0 Å². The predicted molar refractivity (Wildman–Crippen MR) is 81.2 cm³/mol. The van der Waals surface area contributed by atoms with Gasteiger partial charge in [-0.3, -0.25) is 4.79 Å². The number of hydrogen-bond donors (Lipinski definition) is 2. The fourth-order valence-electron chi connectivity index (χ4n) is 2.04. The zero-order valence-electron chi connectivity index (χ0n) is 11.9. The molecule has 1 heterocycles. The molecule has 0 aromatic heterocycles. The van der Waals surface area contributed by atoms with E-state index in [4.69, 9.17) is 19.9 Å². The number of benzene rings is 2. The van der Waals surface area contributed by atoms with E-state index in [-0.39, 0.29) is 12.7 Å². The highest BCUT2D eigenvalue weighted by atomic mass is 16.7. The average molecular weight is 300 g/mol. The molecule has 0 saturated carbocycles. The maximum absolute atomic E-state index is 12.0. The van der Waals surface area contributed by atoms with Gasteiger partial charge >= 0.3 is 0 Å². The standard InChI is InChI=1S/C16H16N2O4/c17-12-2-4-13(5-3-12)20-8-7-18-16(19)11-1-6-14-15(9-11)22-10-21-14/h1-6,9H,7-8,10,17H2,(H,18,19). The molecule has 3 rings (SSSR count). The van der Waals surface area contributed by atoms with Gasteiger partial charge in [-0.05, 0) is 42.5 Å². The van der Waals surface area contributed by atoms with Crippen molar-refractivity contribution in [2.24, 2.45) is 0 Å². The van der Waals surface area contributed by atoms with Crippen molar-refractivity contribution in [2.75, 3.05) is 25.7 Å². The SMILES string of the molecule is Nc1ccc(OCCNC(=O)c2ccc3c(c2)OCO3)cc1. The lowest BCUT2D eigenvalue weighted by Gasteiger charge is -2.08. The van der Waals surface area contributed by atoms with Crippen LogP contribution in [0.1, 0.15) is 10.4 Å². The quantitative estimate of drug-likeness (QED) is 0.650. The minimum absolute atomic E-state index is 0.181. The number of rotatable bonds is 5. The number of hydrogen-bond acceptors (Lipinski definition) is 5. The van der Waals surface area contributed by atoms with Crippen LogP contribution in [0.15, 0.2) is 42.5 Å². The summed E-state index contributed by atoms with van der Waals surface area (Å²) in [5.41, 5.74) is 6.80.